The van der Waals surface area contributed by atoms with Gasteiger partial charge in [-0.15, -0.1) is 0 Å². The molecule has 0 saturated heterocycles. The second kappa shape index (κ2) is 11.4. The molecule has 1 unspecified atom stereocenters. The molecule has 0 fully saturated rings. The Balaban J connectivity index is 0.000000506. The number of carbonyl (C=O) groups excluding carboxylic acids is 1. The van der Waals surface area contributed by atoms with Crippen LogP contribution in [0.5, 0.6) is 5.75 Å². The Morgan fingerprint density at radius 2 is 1.88 bits per heavy atom. The van der Waals surface area contributed by atoms with Gasteiger partial charge in [0, 0.05) is 6.20 Å². The molecular formula is C17H29N3O4. The van der Waals surface area contributed by atoms with Gasteiger partial charge in [-0.05, 0) is 36.8 Å². The quantitative estimate of drug-likeness (QED) is 0.665. The normalized spacial score (nSPS) is 11.6. The number of hydrogen-bond donors (Lipinski definition) is 3. The maximum absolute atomic E-state index is 10.8. The molecule has 0 bridgehead atoms. The summed E-state index contributed by atoms with van der Waals surface area (Å²) >= 11 is 0. The van der Waals surface area contributed by atoms with Crippen molar-refractivity contribution >= 4 is 11.9 Å². The van der Waals surface area contributed by atoms with Crippen LogP contribution >= 0.6 is 0 Å². The van der Waals surface area contributed by atoms with Gasteiger partial charge in [0.2, 0.25) is 5.91 Å². The summed E-state index contributed by atoms with van der Waals surface area (Å²) in [5.74, 6) is -0.160. The molecule has 7 heteroatoms. The van der Waals surface area contributed by atoms with Gasteiger partial charge in [-0.3, -0.25) is 4.79 Å². The fourth-order valence-electron chi connectivity index (χ4n) is 1.70. The Morgan fingerprint density at radius 3 is 2.29 bits per heavy atom. The fourth-order valence-corrected chi connectivity index (χ4v) is 1.70. The molecular weight excluding hydrogens is 310 g/mol. The summed E-state index contributed by atoms with van der Waals surface area (Å²) in [6.07, 6.45) is 3.02. The standard InChI is InChI=1S/C11H15NO3.C6H14N2O/c1-8(2)5-7-15-9-4-3-6-12-10(9)11(13)14;1-4(2)3-5(7)6(8)9/h3-4,6,8H,5,7H2,1-2H3,(H,13,14);4-5H,3,7H2,1-2H3,(H2,8,9). The van der Waals surface area contributed by atoms with Gasteiger partial charge >= 0.3 is 5.97 Å². The van der Waals surface area contributed by atoms with Crippen molar-refractivity contribution in [3.05, 3.63) is 24.0 Å². The van der Waals surface area contributed by atoms with Crippen LogP contribution in [0.3, 0.4) is 0 Å². The molecule has 0 aliphatic carbocycles. The van der Waals surface area contributed by atoms with E-state index >= 15 is 0 Å². The first-order valence-corrected chi connectivity index (χ1v) is 8.01. The molecule has 0 aromatic carbocycles. The summed E-state index contributed by atoms with van der Waals surface area (Å²) in [5.41, 5.74) is 10.2. The second-order valence-electron chi connectivity index (χ2n) is 6.32. The highest BCUT2D eigenvalue weighted by Gasteiger charge is 2.12. The van der Waals surface area contributed by atoms with Crippen LogP contribution in [0.1, 0.15) is 51.0 Å². The van der Waals surface area contributed by atoms with Crippen molar-refractivity contribution in [3.8, 4) is 5.75 Å². The zero-order chi connectivity index (χ0) is 18.7. The van der Waals surface area contributed by atoms with Crippen LogP contribution in [0.25, 0.3) is 0 Å². The average molecular weight is 339 g/mol. The van der Waals surface area contributed by atoms with Crippen molar-refractivity contribution in [2.24, 2.45) is 23.3 Å². The predicted molar refractivity (Wildman–Crippen MR) is 92.8 cm³/mol. The largest absolute Gasteiger partial charge is 0.491 e. The van der Waals surface area contributed by atoms with Crippen molar-refractivity contribution < 1.29 is 19.4 Å². The van der Waals surface area contributed by atoms with Crippen molar-refractivity contribution in [2.75, 3.05) is 6.61 Å². The number of rotatable bonds is 8. The number of ether oxygens (including phenoxy) is 1. The third-order valence-electron chi connectivity index (χ3n) is 3.02. The number of pyridine rings is 1. The Hall–Kier alpha value is -2.15. The minimum absolute atomic E-state index is 0.0266. The van der Waals surface area contributed by atoms with E-state index in [1.54, 1.807) is 12.1 Å². The van der Waals surface area contributed by atoms with Gasteiger partial charge in [-0.1, -0.05) is 27.7 Å². The lowest BCUT2D eigenvalue weighted by atomic mass is 10.0. The molecule has 1 rings (SSSR count). The summed E-state index contributed by atoms with van der Waals surface area (Å²) in [4.78, 5) is 24.9. The fraction of sp³-hybridized carbons (Fsp3) is 0.588. The summed E-state index contributed by atoms with van der Waals surface area (Å²) in [7, 11) is 0. The zero-order valence-electron chi connectivity index (χ0n) is 14.9. The predicted octanol–water partition coefficient (Wildman–Crippen LogP) is 2.05. The molecule has 1 aromatic rings. The van der Waals surface area contributed by atoms with E-state index in [2.05, 4.69) is 18.8 Å². The van der Waals surface area contributed by atoms with Crippen molar-refractivity contribution in [1.82, 2.24) is 4.98 Å². The highest BCUT2D eigenvalue weighted by Crippen LogP contribution is 2.15. The first-order chi connectivity index (χ1) is 11.1. The number of amides is 1. The Morgan fingerprint density at radius 1 is 1.25 bits per heavy atom. The molecule has 0 spiro atoms. The van der Waals surface area contributed by atoms with E-state index in [-0.39, 0.29) is 5.69 Å². The maximum atomic E-state index is 10.8. The van der Waals surface area contributed by atoms with Gasteiger partial charge in [0.1, 0.15) is 0 Å². The van der Waals surface area contributed by atoms with E-state index in [0.29, 0.717) is 30.6 Å². The Labute approximate surface area is 143 Å². The number of carbonyl (C=O) groups is 2. The van der Waals surface area contributed by atoms with Gasteiger partial charge in [0.15, 0.2) is 11.4 Å². The van der Waals surface area contributed by atoms with Crippen LogP contribution in [-0.2, 0) is 4.79 Å². The zero-order valence-corrected chi connectivity index (χ0v) is 14.9. The van der Waals surface area contributed by atoms with Crippen LogP contribution in [0.4, 0.5) is 0 Å². The van der Waals surface area contributed by atoms with Crippen molar-refractivity contribution in [2.45, 2.75) is 46.6 Å². The van der Waals surface area contributed by atoms with Gasteiger partial charge in [0.05, 0.1) is 12.6 Å². The number of nitrogens with two attached hydrogens (primary N) is 2. The highest BCUT2D eigenvalue weighted by atomic mass is 16.5. The van der Waals surface area contributed by atoms with Gasteiger partial charge < -0.3 is 21.3 Å². The minimum atomic E-state index is -1.06. The topological polar surface area (TPSA) is 129 Å². The molecule has 1 amide bonds. The van der Waals surface area contributed by atoms with Gasteiger partial charge in [-0.2, -0.15) is 0 Å². The summed E-state index contributed by atoms with van der Waals surface area (Å²) < 4.78 is 5.37. The molecule has 24 heavy (non-hydrogen) atoms. The lowest BCUT2D eigenvalue weighted by Gasteiger charge is -2.09. The van der Waals surface area contributed by atoms with Crippen LogP contribution in [-0.4, -0.2) is 34.6 Å². The number of aromatic nitrogens is 1. The van der Waals surface area contributed by atoms with Crippen molar-refractivity contribution in [3.63, 3.8) is 0 Å². The number of carboxylic acid groups (broad SMARTS) is 1. The third-order valence-corrected chi connectivity index (χ3v) is 3.02. The lowest BCUT2D eigenvalue weighted by Crippen LogP contribution is -2.37. The van der Waals surface area contributed by atoms with Crippen LogP contribution in [0.15, 0.2) is 18.3 Å². The third kappa shape index (κ3) is 9.78. The molecule has 5 N–H and O–H groups in total. The first kappa shape index (κ1) is 21.9. The van der Waals surface area contributed by atoms with E-state index in [0.717, 1.165) is 6.42 Å². The molecule has 0 radical (unpaired) electrons. The summed E-state index contributed by atoms with van der Waals surface area (Å²) in [5, 5.41) is 8.83. The van der Waals surface area contributed by atoms with Crippen LogP contribution in [0, 0.1) is 11.8 Å². The molecule has 1 atom stereocenters. The number of hydrogen-bond acceptors (Lipinski definition) is 5. The smallest absolute Gasteiger partial charge is 0.358 e. The minimum Gasteiger partial charge on any atom is -0.491 e. The molecule has 0 aliphatic rings. The lowest BCUT2D eigenvalue weighted by molar-refractivity contribution is -0.119. The van der Waals surface area contributed by atoms with E-state index in [1.165, 1.54) is 6.20 Å². The number of primary amides is 1. The monoisotopic (exact) mass is 339 g/mol. The Bertz CT molecular complexity index is 518. The molecule has 0 saturated carbocycles. The number of nitrogens with zero attached hydrogens (tertiary/aromatic N) is 1. The molecule has 1 aromatic heterocycles. The van der Waals surface area contributed by atoms with Gasteiger partial charge in [-0.25, -0.2) is 9.78 Å². The summed E-state index contributed by atoms with van der Waals surface area (Å²) in [6, 6.07) is 2.82. The molecule has 136 valence electrons. The van der Waals surface area contributed by atoms with E-state index in [4.69, 9.17) is 21.3 Å². The number of aromatic carboxylic acids is 1. The van der Waals surface area contributed by atoms with E-state index < -0.39 is 17.9 Å². The maximum Gasteiger partial charge on any atom is 0.358 e. The number of carboxylic acids is 1. The second-order valence-corrected chi connectivity index (χ2v) is 6.32. The SMILES string of the molecule is CC(C)CC(N)C(N)=O.CC(C)CCOc1cccnc1C(=O)O. The molecule has 7 nitrogen and oxygen atoms in total. The van der Waals surface area contributed by atoms with E-state index in [1.807, 2.05) is 13.8 Å². The van der Waals surface area contributed by atoms with Crippen molar-refractivity contribution in [1.29, 1.82) is 0 Å². The van der Waals surface area contributed by atoms with Gasteiger partial charge in [0.25, 0.3) is 0 Å². The molecule has 1 heterocycles. The average Bonchev–Trinajstić information content (AvgIpc) is 2.47. The van der Waals surface area contributed by atoms with Crippen LogP contribution < -0.4 is 16.2 Å². The van der Waals surface area contributed by atoms with Crippen LogP contribution in [0.2, 0.25) is 0 Å². The molecule has 0 aliphatic heterocycles. The Kier molecular flexibility index (Phi) is 10.4. The first-order valence-electron chi connectivity index (χ1n) is 8.01. The summed E-state index contributed by atoms with van der Waals surface area (Å²) in [6.45, 7) is 8.70. The van der Waals surface area contributed by atoms with E-state index in [9.17, 15) is 9.59 Å². The highest BCUT2D eigenvalue weighted by molar-refractivity contribution is 5.88.